The molecule has 0 spiro atoms. The van der Waals surface area contributed by atoms with Gasteiger partial charge < -0.3 is 10.4 Å². The van der Waals surface area contributed by atoms with E-state index in [0.29, 0.717) is 19.3 Å². The van der Waals surface area contributed by atoms with E-state index in [2.05, 4.69) is 32.7 Å². The third-order valence-corrected chi connectivity index (χ3v) is 2.07. The van der Waals surface area contributed by atoms with Crippen LogP contribution in [0, 0.1) is 5.41 Å². The monoisotopic (exact) mass is 213 g/mol. The SMILES string of the molecule is C=C(O)CCCC(=O)NCCC(C)(C)C. The highest BCUT2D eigenvalue weighted by atomic mass is 16.3. The number of allylic oxidation sites excluding steroid dienone is 1. The number of rotatable bonds is 6. The quantitative estimate of drug-likeness (QED) is 0.666. The molecule has 0 aromatic carbocycles. The second kappa shape index (κ2) is 6.49. The average molecular weight is 213 g/mol. The summed E-state index contributed by atoms with van der Waals surface area (Å²) in [5.41, 5.74) is 0.257. The van der Waals surface area contributed by atoms with Gasteiger partial charge in [0, 0.05) is 19.4 Å². The van der Waals surface area contributed by atoms with Crippen molar-refractivity contribution < 1.29 is 9.90 Å². The Balaban J connectivity index is 3.46. The Morgan fingerprint density at radius 2 is 1.93 bits per heavy atom. The molecule has 0 fully saturated rings. The molecule has 0 rings (SSSR count). The van der Waals surface area contributed by atoms with Gasteiger partial charge in [-0.1, -0.05) is 27.4 Å². The molecule has 0 aliphatic carbocycles. The minimum atomic E-state index is 0.0560. The first-order chi connectivity index (χ1) is 6.81. The molecule has 0 aliphatic rings. The zero-order valence-corrected chi connectivity index (χ0v) is 10.1. The van der Waals surface area contributed by atoms with Gasteiger partial charge in [0.2, 0.25) is 5.91 Å². The van der Waals surface area contributed by atoms with Crippen LogP contribution in [-0.4, -0.2) is 17.6 Å². The van der Waals surface area contributed by atoms with Crippen LogP contribution in [0.25, 0.3) is 0 Å². The van der Waals surface area contributed by atoms with Gasteiger partial charge >= 0.3 is 0 Å². The Morgan fingerprint density at radius 3 is 2.40 bits per heavy atom. The van der Waals surface area contributed by atoms with Gasteiger partial charge in [-0.05, 0) is 18.3 Å². The van der Waals surface area contributed by atoms with Gasteiger partial charge in [0.25, 0.3) is 0 Å². The van der Waals surface area contributed by atoms with Gasteiger partial charge in [-0.3, -0.25) is 4.79 Å². The average Bonchev–Trinajstić information content (AvgIpc) is 2.00. The van der Waals surface area contributed by atoms with Crippen molar-refractivity contribution in [3.63, 3.8) is 0 Å². The van der Waals surface area contributed by atoms with Crippen LogP contribution in [0.1, 0.15) is 46.5 Å². The van der Waals surface area contributed by atoms with Gasteiger partial charge in [-0.25, -0.2) is 0 Å². The molecule has 0 aromatic rings. The van der Waals surface area contributed by atoms with Crippen LogP contribution in [0.5, 0.6) is 0 Å². The summed E-state index contributed by atoms with van der Waals surface area (Å²) >= 11 is 0. The van der Waals surface area contributed by atoms with Crippen LogP contribution < -0.4 is 5.32 Å². The fourth-order valence-corrected chi connectivity index (χ4v) is 1.12. The van der Waals surface area contributed by atoms with E-state index in [9.17, 15) is 4.79 Å². The molecule has 0 heterocycles. The molecule has 2 N–H and O–H groups in total. The summed E-state index contributed by atoms with van der Waals surface area (Å²) < 4.78 is 0. The third-order valence-electron chi connectivity index (χ3n) is 2.07. The summed E-state index contributed by atoms with van der Waals surface area (Å²) in [6.07, 6.45) is 2.61. The first-order valence-electron chi connectivity index (χ1n) is 5.45. The van der Waals surface area contributed by atoms with Gasteiger partial charge in [0.1, 0.15) is 0 Å². The maximum atomic E-state index is 11.3. The molecular weight excluding hydrogens is 190 g/mol. The number of nitrogens with one attached hydrogen (secondary N) is 1. The van der Waals surface area contributed by atoms with Crippen LogP contribution in [0.2, 0.25) is 0 Å². The summed E-state index contributed by atoms with van der Waals surface area (Å²) in [5.74, 6) is 0.206. The van der Waals surface area contributed by atoms with E-state index in [-0.39, 0.29) is 17.1 Å². The Labute approximate surface area is 92.6 Å². The van der Waals surface area contributed by atoms with Crippen molar-refractivity contribution in [3.8, 4) is 0 Å². The zero-order valence-electron chi connectivity index (χ0n) is 10.1. The van der Waals surface area contributed by atoms with Crippen molar-refractivity contribution in [2.24, 2.45) is 5.41 Å². The fraction of sp³-hybridized carbons (Fsp3) is 0.750. The third kappa shape index (κ3) is 10.9. The second-order valence-corrected chi connectivity index (χ2v) is 5.08. The van der Waals surface area contributed by atoms with Crippen LogP contribution in [-0.2, 0) is 4.79 Å². The molecule has 0 radical (unpaired) electrons. The minimum Gasteiger partial charge on any atom is -0.513 e. The lowest BCUT2D eigenvalue weighted by Crippen LogP contribution is -2.26. The van der Waals surface area contributed by atoms with E-state index in [1.807, 2.05) is 0 Å². The molecule has 3 heteroatoms. The highest BCUT2D eigenvalue weighted by Gasteiger charge is 2.10. The fourth-order valence-electron chi connectivity index (χ4n) is 1.12. The maximum absolute atomic E-state index is 11.3. The van der Waals surface area contributed by atoms with E-state index < -0.39 is 0 Å². The number of hydrogen-bond acceptors (Lipinski definition) is 2. The smallest absolute Gasteiger partial charge is 0.220 e. The van der Waals surface area contributed by atoms with Crippen molar-refractivity contribution in [2.75, 3.05) is 6.54 Å². The molecule has 3 nitrogen and oxygen atoms in total. The lowest BCUT2D eigenvalue weighted by molar-refractivity contribution is -0.121. The van der Waals surface area contributed by atoms with Crippen molar-refractivity contribution in [2.45, 2.75) is 46.5 Å². The number of carbonyl (C=O) groups is 1. The Hall–Kier alpha value is -0.990. The van der Waals surface area contributed by atoms with Gasteiger partial charge in [-0.15, -0.1) is 0 Å². The second-order valence-electron chi connectivity index (χ2n) is 5.08. The van der Waals surface area contributed by atoms with Gasteiger partial charge in [0.15, 0.2) is 0 Å². The van der Waals surface area contributed by atoms with E-state index in [1.54, 1.807) is 0 Å². The van der Waals surface area contributed by atoms with Crippen LogP contribution in [0.4, 0.5) is 0 Å². The number of hydrogen-bond donors (Lipinski definition) is 2. The molecule has 15 heavy (non-hydrogen) atoms. The van der Waals surface area contributed by atoms with E-state index >= 15 is 0 Å². The molecule has 88 valence electrons. The van der Waals surface area contributed by atoms with Crippen molar-refractivity contribution >= 4 is 5.91 Å². The van der Waals surface area contributed by atoms with Crippen molar-refractivity contribution in [1.29, 1.82) is 0 Å². The number of carbonyl (C=O) groups excluding carboxylic acids is 1. The summed E-state index contributed by atoms with van der Waals surface area (Å²) in [7, 11) is 0. The predicted molar refractivity (Wildman–Crippen MR) is 62.7 cm³/mol. The first-order valence-corrected chi connectivity index (χ1v) is 5.45. The highest BCUT2D eigenvalue weighted by Crippen LogP contribution is 2.16. The van der Waals surface area contributed by atoms with Gasteiger partial charge in [0.05, 0.1) is 5.76 Å². The molecule has 1 amide bonds. The number of aliphatic hydroxyl groups is 1. The highest BCUT2D eigenvalue weighted by molar-refractivity contribution is 5.75. The summed E-state index contributed by atoms with van der Waals surface area (Å²) in [6.45, 7) is 10.5. The molecule has 0 bridgehead atoms. The molecule has 0 aliphatic heterocycles. The normalized spacial score (nSPS) is 11.1. The molecule has 0 saturated carbocycles. The predicted octanol–water partition coefficient (Wildman–Crippen LogP) is 2.78. The Kier molecular flexibility index (Phi) is 6.06. The van der Waals surface area contributed by atoms with E-state index in [1.165, 1.54) is 0 Å². The van der Waals surface area contributed by atoms with E-state index in [0.717, 1.165) is 13.0 Å². The topological polar surface area (TPSA) is 49.3 Å². The van der Waals surface area contributed by atoms with Crippen molar-refractivity contribution in [3.05, 3.63) is 12.3 Å². The van der Waals surface area contributed by atoms with Crippen molar-refractivity contribution in [1.82, 2.24) is 5.32 Å². The lowest BCUT2D eigenvalue weighted by Gasteiger charge is -2.17. The first kappa shape index (κ1) is 14.0. The van der Waals surface area contributed by atoms with Gasteiger partial charge in [-0.2, -0.15) is 0 Å². The number of amides is 1. The molecule has 0 atom stereocenters. The zero-order chi connectivity index (χ0) is 11.9. The molecule has 0 aromatic heterocycles. The Bertz CT molecular complexity index is 216. The van der Waals surface area contributed by atoms with Crippen LogP contribution in [0.15, 0.2) is 12.3 Å². The molecule has 0 unspecified atom stereocenters. The lowest BCUT2D eigenvalue weighted by atomic mass is 9.92. The molecular formula is C12H23NO2. The standard InChI is InChI=1S/C12H23NO2/c1-10(14)6-5-7-11(15)13-9-8-12(2,3)4/h14H,1,5-9H2,2-4H3,(H,13,15). The summed E-state index contributed by atoms with van der Waals surface area (Å²) in [6, 6.07) is 0. The van der Waals surface area contributed by atoms with E-state index in [4.69, 9.17) is 5.11 Å². The summed E-state index contributed by atoms with van der Waals surface area (Å²) in [5, 5.41) is 11.7. The minimum absolute atomic E-state index is 0.0560. The summed E-state index contributed by atoms with van der Waals surface area (Å²) in [4.78, 5) is 11.3. The van der Waals surface area contributed by atoms with Crippen LogP contribution >= 0.6 is 0 Å². The van der Waals surface area contributed by atoms with Crippen LogP contribution in [0.3, 0.4) is 0 Å². The number of aliphatic hydroxyl groups excluding tert-OH is 1. The molecule has 0 saturated heterocycles. The Morgan fingerprint density at radius 1 is 1.33 bits per heavy atom. The largest absolute Gasteiger partial charge is 0.513 e. The maximum Gasteiger partial charge on any atom is 0.220 e.